The van der Waals surface area contributed by atoms with Crippen LogP contribution in [-0.2, 0) is 25.6 Å². The van der Waals surface area contributed by atoms with Crippen molar-refractivity contribution in [1.29, 1.82) is 0 Å². The molecule has 3 rings (SSSR count). The van der Waals surface area contributed by atoms with Crippen molar-refractivity contribution < 1.29 is 28.5 Å². The van der Waals surface area contributed by atoms with E-state index in [0.29, 0.717) is 24.6 Å². The lowest BCUT2D eigenvalue weighted by molar-refractivity contribution is -0.141. The van der Waals surface area contributed by atoms with Crippen LogP contribution in [0.2, 0.25) is 0 Å². The van der Waals surface area contributed by atoms with Crippen molar-refractivity contribution in [2.75, 3.05) is 14.2 Å². The lowest BCUT2D eigenvalue weighted by atomic mass is 9.87. The number of hydrogen-bond donors (Lipinski definition) is 0. The van der Waals surface area contributed by atoms with Gasteiger partial charge < -0.3 is 23.7 Å². The number of amides is 1. The van der Waals surface area contributed by atoms with Crippen LogP contribution in [0.15, 0.2) is 29.3 Å². The van der Waals surface area contributed by atoms with E-state index in [1.54, 1.807) is 21.1 Å². The number of aliphatic imine (C=N–C) groups is 1. The summed E-state index contributed by atoms with van der Waals surface area (Å²) in [4.78, 5) is 30.5. The summed E-state index contributed by atoms with van der Waals surface area (Å²) >= 11 is 1.40. The maximum atomic E-state index is 12.6. The molecule has 34 heavy (non-hydrogen) atoms. The molecule has 188 valence electrons. The van der Waals surface area contributed by atoms with Gasteiger partial charge in [-0.05, 0) is 51.8 Å². The van der Waals surface area contributed by atoms with Gasteiger partial charge in [-0.1, -0.05) is 30.8 Å². The molecule has 0 spiro atoms. The van der Waals surface area contributed by atoms with Gasteiger partial charge in [-0.25, -0.2) is 4.79 Å². The Hall–Kier alpha value is -2.10. The fourth-order valence-corrected chi connectivity index (χ4v) is 5.14. The molecule has 0 aromatic heterocycles. The molecule has 1 aromatic rings. The van der Waals surface area contributed by atoms with Crippen LogP contribution in [0, 0.1) is 5.92 Å². The van der Waals surface area contributed by atoms with Crippen LogP contribution < -0.4 is 4.74 Å². The molecule has 1 saturated heterocycles. The number of nitrogens with zero attached hydrogens (tertiary/aromatic N) is 2. The van der Waals surface area contributed by atoms with E-state index in [-0.39, 0.29) is 35.4 Å². The van der Waals surface area contributed by atoms with Gasteiger partial charge in [0.25, 0.3) is 0 Å². The van der Waals surface area contributed by atoms with Gasteiger partial charge in [0, 0.05) is 19.4 Å². The number of Topliss-reactive ketones (excluding diaryl/α,β-unsaturated/α-hetero) is 1. The summed E-state index contributed by atoms with van der Waals surface area (Å²) < 4.78 is 23.5. The van der Waals surface area contributed by atoms with E-state index in [0.717, 1.165) is 11.3 Å². The van der Waals surface area contributed by atoms with E-state index >= 15 is 0 Å². The molecule has 2 aliphatic rings. The van der Waals surface area contributed by atoms with Crippen molar-refractivity contribution in [3.05, 3.63) is 29.8 Å². The van der Waals surface area contributed by atoms with E-state index < -0.39 is 11.7 Å². The van der Waals surface area contributed by atoms with E-state index in [1.807, 2.05) is 45.0 Å². The van der Waals surface area contributed by atoms with Crippen molar-refractivity contribution in [1.82, 2.24) is 4.90 Å². The van der Waals surface area contributed by atoms with Crippen LogP contribution in [-0.4, -0.2) is 65.4 Å². The average Bonchev–Trinajstić information content (AvgIpc) is 3.19. The van der Waals surface area contributed by atoms with Gasteiger partial charge >= 0.3 is 6.09 Å². The van der Waals surface area contributed by atoms with Gasteiger partial charge in [-0.2, -0.15) is 0 Å². The smallest absolute Gasteiger partial charge is 0.416 e. The quantitative estimate of drug-likeness (QED) is 0.548. The second kappa shape index (κ2) is 11.1. The zero-order valence-electron chi connectivity index (χ0n) is 21.1. The third kappa shape index (κ3) is 6.73. The fraction of sp³-hybridized carbons (Fsp3) is 0.640. The molecule has 1 fully saturated rings. The number of amidine groups is 1. The summed E-state index contributed by atoms with van der Waals surface area (Å²) in [6.45, 7) is 9.57. The Morgan fingerprint density at radius 2 is 1.88 bits per heavy atom. The monoisotopic (exact) mass is 492 g/mol. The predicted octanol–water partition coefficient (Wildman–Crippen LogP) is 4.65. The molecular weight excluding hydrogens is 456 g/mol. The number of thioether (sulfide) groups is 1. The van der Waals surface area contributed by atoms with Crippen molar-refractivity contribution in [2.45, 2.75) is 83.4 Å². The van der Waals surface area contributed by atoms with Crippen molar-refractivity contribution in [2.24, 2.45) is 10.9 Å². The molecule has 5 atom stereocenters. The highest BCUT2D eigenvalue weighted by Crippen LogP contribution is 2.42. The molecule has 2 aliphatic heterocycles. The van der Waals surface area contributed by atoms with Crippen LogP contribution >= 0.6 is 11.8 Å². The predicted molar refractivity (Wildman–Crippen MR) is 132 cm³/mol. The molecule has 0 radical (unpaired) electrons. The summed E-state index contributed by atoms with van der Waals surface area (Å²) in [5, 5.41) is 0.543. The first-order valence-corrected chi connectivity index (χ1v) is 12.5. The van der Waals surface area contributed by atoms with Crippen molar-refractivity contribution in [3.8, 4) is 5.75 Å². The van der Waals surface area contributed by atoms with Gasteiger partial charge in [-0.3, -0.25) is 9.89 Å². The Bertz CT molecular complexity index is 898. The third-order valence-corrected chi connectivity index (χ3v) is 7.06. The summed E-state index contributed by atoms with van der Waals surface area (Å²) in [6.07, 6.45) is 0.247. The minimum Gasteiger partial charge on any atom is -0.497 e. The summed E-state index contributed by atoms with van der Waals surface area (Å²) in [6, 6.07) is 7.49. The second-order valence-electron chi connectivity index (χ2n) is 9.83. The normalized spacial score (nSPS) is 26.4. The Labute approximate surface area is 206 Å². The zero-order valence-corrected chi connectivity index (χ0v) is 21.9. The average molecular weight is 493 g/mol. The Morgan fingerprint density at radius 3 is 2.47 bits per heavy atom. The van der Waals surface area contributed by atoms with Crippen molar-refractivity contribution in [3.63, 3.8) is 0 Å². The molecule has 0 N–H and O–H groups in total. The molecule has 0 unspecified atom stereocenters. The van der Waals surface area contributed by atoms with Crippen LogP contribution in [0.25, 0.3) is 0 Å². The molecule has 1 aromatic carbocycles. The molecule has 0 bridgehead atoms. The Morgan fingerprint density at radius 1 is 1.21 bits per heavy atom. The molecule has 0 aliphatic carbocycles. The van der Waals surface area contributed by atoms with Crippen LogP contribution in [0.4, 0.5) is 4.79 Å². The summed E-state index contributed by atoms with van der Waals surface area (Å²) in [5.41, 5.74) is 0.125. The first kappa shape index (κ1) is 26.5. The molecule has 0 saturated carbocycles. The first-order chi connectivity index (χ1) is 16.0. The van der Waals surface area contributed by atoms with Crippen LogP contribution in [0.1, 0.15) is 53.0 Å². The number of carbonyl (C=O) groups is 2. The van der Waals surface area contributed by atoms with Crippen molar-refractivity contribution >= 4 is 28.8 Å². The first-order valence-electron chi connectivity index (χ1n) is 11.6. The molecular formula is C25H36N2O6S. The Kier molecular flexibility index (Phi) is 8.65. The maximum Gasteiger partial charge on any atom is 0.416 e. The minimum absolute atomic E-state index is 0.0226. The number of benzene rings is 1. The summed E-state index contributed by atoms with van der Waals surface area (Å²) in [7, 11) is 3.29. The Balaban J connectivity index is 1.77. The highest BCUT2D eigenvalue weighted by Gasteiger charge is 2.49. The number of rotatable bonds is 7. The topological polar surface area (TPSA) is 86.7 Å². The van der Waals surface area contributed by atoms with Gasteiger partial charge in [0.1, 0.15) is 28.6 Å². The lowest BCUT2D eigenvalue weighted by Crippen LogP contribution is -2.51. The SMILES string of the molecule is COc1ccc(CO[C@H]2[C@H](C)[C@@H](CCC(C)=O)O[C@@H]3SC(N(C)C(=O)OC(C)(C)C)=N[C@H]23)cc1. The van der Waals surface area contributed by atoms with E-state index in [4.69, 9.17) is 23.9 Å². The van der Waals surface area contributed by atoms with Gasteiger partial charge in [0.15, 0.2) is 5.17 Å². The largest absolute Gasteiger partial charge is 0.497 e. The maximum absolute atomic E-state index is 12.6. The number of carbonyl (C=O) groups excluding carboxylic acids is 2. The highest BCUT2D eigenvalue weighted by atomic mass is 32.2. The lowest BCUT2D eigenvalue weighted by Gasteiger charge is -2.41. The molecule has 9 heteroatoms. The molecule has 1 amide bonds. The van der Waals surface area contributed by atoms with E-state index in [1.165, 1.54) is 16.7 Å². The van der Waals surface area contributed by atoms with E-state index in [2.05, 4.69) is 6.92 Å². The third-order valence-electron chi connectivity index (χ3n) is 5.85. The fourth-order valence-electron chi connectivity index (χ4n) is 3.96. The number of ether oxygens (including phenoxy) is 4. The standard InChI is InChI=1S/C25H36N2O6S/c1-15(28)8-13-19-16(2)21(31-14-17-9-11-18(30-7)12-10-17)20-22(32-19)34-23(26-20)27(6)24(29)33-25(3,4)5/h9-12,16,19-22H,8,13-14H2,1-7H3/t16-,19-,20-,21+,22-/m1/s1. The summed E-state index contributed by atoms with van der Waals surface area (Å²) in [5.74, 6) is 0.947. The number of ketones is 1. The molecule has 8 nitrogen and oxygen atoms in total. The van der Waals surface area contributed by atoms with Crippen LogP contribution in [0.5, 0.6) is 5.75 Å². The second-order valence-corrected chi connectivity index (χ2v) is 10.9. The van der Waals surface area contributed by atoms with Gasteiger partial charge in [0.2, 0.25) is 0 Å². The zero-order chi connectivity index (χ0) is 25.0. The minimum atomic E-state index is -0.602. The highest BCUT2D eigenvalue weighted by molar-refractivity contribution is 8.14. The van der Waals surface area contributed by atoms with Gasteiger partial charge in [-0.15, -0.1) is 0 Å². The van der Waals surface area contributed by atoms with Crippen LogP contribution in [0.3, 0.4) is 0 Å². The number of fused-ring (bicyclic) bond motifs is 1. The number of methoxy groups -OCH3 is 1. The van der Waals surface area contributed by atoms with Gasteiger partial charge in [0.05, 0.1) is 25.9 Å². The number of hydrogen-bond acceptors (Lipinski definition) is 8. The molecule has 2 heterocycles. The van der Waals surface area contributed by atoms with E-state index in [9.17, 15) is 9.59 Å².